The summed E-state index contributed by atoms with van der Waals surface area (Å²) in [5, 5.41) is 1.67. The molecule has 4 N–H and O–H groups in total. The molecule has 0 radical (unpaired) electrons. The van der Waals surface area contributed by atoms with Gasteiger partial charge in [-0.15, -0.1) is 11.8 Å². The Morgan fingerprint density at radius 1 is 1.14 bits per heavy atom. The number of hydrogen-bond donors (Lipinski definition) is 4. The first-order valence-corrected chi connectivity index (χ1v) is 11.9. The van der Waals surface area contributed by atoms with Gasteiger partial charge in [0.2, 0.25) is 5.91 Å². The van der Waals surface area contributed by atoms with Gasteiger partial charge in [0, 0.05) is 22.8 Å². The van der Waals surface area contributed by atoms with Gasteiger partial charge in [0.05, 0.1) is 12.5 Å². The van der Waals surface area contributed by atoms with E-state index in [2.05, 4.69) is 20.9 Å². The summed E-state index contributed by atoms with van der Waals surface area (Å²) in [6, 6.07) is 14.0. The molecule has 1 aliphatic rings. The van der Waals surface area contributed by atoms with Crippen LogP contribution in [-0.2, 0) is 14.8 Å². The second-order valence-electron chi connectivity index (χ2n) is 6.37. The number of amides is 1. The van der Waals surface area contributed by atoms with Crippen molar-refractivity contribution in [2.24, 2.45) is 5.92 Å². The van der Waals surface area contributed by atoms with Crippen molar-refractivity contribution in [2.75, 3.05) is 29.4 Å². The largest absolute Gasteiger partial charge is 0.494 e. The number of thioether (sulfide) groups is 1. The number of ether oxygens (including phenoxy) is 1. The third-order valence-electron chi connectivity index (χ3n) is 4.39. The maximum atomic E-state index is 12.8. The molecule has 1 aliphatic heterocycles. The number of carbonyl (C=O) groups is 1. The lowest BCUT2D eigenvalue weighted by Gasteiger charge is -2.19. The van der Waals surface area contributed by atoms with Crippen LogP contribution in [0.5, 0.6) is 5.75 Å². The molecule has 1 fully saturated rings. The first kappa shape index (κ1) is 21.4. The third kappa shape index (κ3) is 5.41. The molecular formula is C19H24N4O4S2. The van der Waals surface area contributed by atoms with Gasteiger partial charge in [-0.05, 0) is 61.7 Å². The number of anilines is 2. The van der Waals surface area contributed by atoms with E-state index < -0.39 is 21.3 Å². The summed E-state index contributed by atoms with van der Waals surface area (Å²) in [6.07, 6.45) is 1.97. The number of hydrogen-bond acceptors (Lipinski definition) is 7. The van der Waals surface area contributed by atoms with Crippen LogP contribution in [0, 0.1) is 5.92 Å². The Labute approximate surface area is 174 Å². The van der Waals surface area contributed by atoms with E-state index in [1.165, 1.54) is 0 Å². The number of nitrogens with one attached hydrogen (secondary N) is 4. The first-order valence-electron chi connectivity index (χ1n) is 9.10. The van der Waals surface area contributed by atoms with Crippen molar-refractivity contribution in [2.45, 2.75) is 17.2 Å². The van der Waals surface area contributed by atoms with E-state index in [0.29, 0.717) is 23.7 Å². The minimum Gasteiger partial charge on any atom is -0.494 e. The smallest absolute Gasteiger partial charge is 0.250 e. The van der Waals surface area contributed by atoms with E-state index in [9.17, 15) is 13.2 Å². The predicted octanol–water partition coefficient (Wildman–Crippen LogP) is 2.24. The van der Waals surface area contributed by atoms with E-state index in [1.807, 2.05) is 25.3 Å². The van der Waals surface area contributed by atoms with Crippen LogP contribution in [0.3, 0.4) is 0 Å². The SMILES string of the molecule is CCOc1ccc(NS(=O)(=O)C2NNCC2C(=O)Nc2ccc(SC)cc2)cc1. The summed E-state index contributed by atoms with van der Waals surface area (Å²) in [5.41, 5.74) is 6.48. The fraction of sp³-hybridized carbons (Fsp3) is 0.316. The lowest BCUT2D eigenvalue weighted by atomic mass is 10.1. The van der Waals surface area contributed by atoms with Gasteiger partial charge in [-0.1, -0.05) is 0 Å². The van der Waals surface area contributed by atoms with E-state index in [4.69, 9.17) is 4.74 Å². The molecule has 2 aromatic rings. The quantitative estimate of drug-likeness (QED) is 0.470. The Kier molecular flexibility index (Phi) is 7.01. The van der Waals surface area contributed by atoms with Crippen molar-refractivity contribution in [3.05, 3.63) is 48.5 Å². The molecule has 1 heterocycles. The van der Waals surface area contributed by atoms with E-state index in [-0.39, 0.29) is 12.5 Å². The maximum absolute atomic E-state index is 12.8. The van der Waals surface area contributed by atoms with Crippen LogP contribution in [0.25, 0.3) is 0 Å². The Morgan fingerprint density at radius 3 is 2.41 bits per heavy atom. The molecule has 1 saturated heterocycles. The Bertz CT molecular complexity index is 934. The average molecular weight is 437 g/mol. The lowest BCUT2D eigenvalue weighted by molar-refractivity contribution is -0.119. The molecule has 0 spiro atoms. The van der Waals surface area contributed by atoms with E-state index >= 15 is 0 Å². The minimum atomic E-state index is -3.86. The predicted molar refractivity (Wildman–Crippen MR) is 115 cm³/mol. The summed E-state index contributed by atoms with van der Waals surface area (Å²) >= 11 is 1.60. The van der Waals surface area contributed by atoms with Crippen molar-refractivity contribution >= 4 is 39.1 Å². The summed E-state index contributed by atoms with van der Waals surface area (Å²) in [4.78, 5) is 13.8. The fourth-order valence-electron chi connectivity index (χ4n) is 2.92. The molecule has 2 atom stereocenters. The van der Waals surface area contributed by atoms with Crippen LogP contribution >= 0.6 is 11.8 Å². The second kappa shape index (κ2) is 9.49. The van der Waals surface area contributed by atoms with Crippen molar-refractivity contribution < 1.29 is 17.9 Å². The molecule has 0 saturated carbocycles. The number of rotatable bonds is 8. The normalized spacial score (nSPS) is 19.0. The highest BCUT2D eigenvalue weighted by Gasteiger charge is 2.41. The van der Waals surface area contributed by atoms with Gasteiger partial charge in [0.15, 0.2) is 5.37 Å². The summed E-state index contributed by atoms with van der Waals surface area (Å²) in [7, 11) is -3.86. The minimum absolute atomic E-state index is 0.198. The van der Waals surface area contributed by atoms with Crippen molar-refractivity contribution in [3.8, 4) is 5.75 Å². The number of benzene rings is 2. The summed E-state index contributed by atoms with van der Waals surface area (Å²) in [5.74, 6) is -0.516. The topological polar surface area (TPSA) is 109 Å². The molecule has 29 heavy (non-hydrogen) atoms. The zero-order valence-electron chi connectivity index (χ0n) is 16.1. The van der Waals surface area contributed by atoms with Crippen LogP contribution in [0.1, 0.15) is 6.92 Å². The molecule has 8 nitrogen and oxygen atoms in total. The van der Waals surface area contributed by atoms with Gasteiger partial charge < -0.3 is 10.1 Å². The second-order valence-corrected chi connectivity index (χ2v) is 9.06. The highest BCUT2D eigenvalue weighted by Crippen LogP contribution is 2.23. The van der Waals surface area contributed by atoms with Gasteiger partial charge >= 0.3 is 0 Å². The first-order chi connectivity index (χ1) is 13.9. The highest BCUT2D eigenvalue weighted by atomic mass is 32.2. The maximum Gasteiger partial charge on any atom is 0.250 e. The van der Waals surface area contributed by atoms with Crippen molar-refractivity contribution in [1.82, 2.24) is 10.9 Å². The third-order valence-corrected chi connectivity index (χ3v) is 6.76. The van der Waals surface area contributed by atoms with E-state index in [1.54, 1.807) is 48.2 Å². The van der Waals surface area contributed by atoms with Crippen molar-refractivity contribution in [3.63, 3.8) is 0 Å². The van der Waals surface area contributed by atoms with Crippen LogP contribution in [0.15, 0.2) is 53.4 Å². The molecule has 0 aromatic heterocycles. The Hall–Kier alpha value is -2.27. The molecule has 3 rings (SSSR count). The highest BCUT2D eigenvalue weighted by molar-refractivity contribution is 7.98. The zero-order chi connectivity index (χ0) is 20.9. The van der Waals surface area contributed by atoms with Crippen LogP contribution < -0.4 is 25.6 Å². The molecule has 0 aliphatic carbocycles. The Morgan fingerprint density at radius 2 is 1.79 bits per heavy atom. The molecule has 1 amide bonds. The zero-order valence-corrected chi connectivity index (χ0v) is 17.8. The molecular weight excluding hydrogens is 412 g/mol. The molecule has 0 bridgehead atoms. The van der Waals surface area contributed by atoms with Crippen LogP contribution in [0.4, 0.5) is 11.4 Å². The fourth-order valence-corrected chi connectivity index (χ4v) is 4.81. The van der Waals surface area contributed by atoms with Crippen LogP contribution in [0.2, 0.25) is 0 Å². The Balaban J connectivity index is 1.68. The van der Waals surface area contributed by atoms with Gasteiger partial charge in [-0.2, -0.15) is 0 Å². The van der Waals surface area contributed by atoms with Gasteiger partial charge in [-0.3, -0.25) is 14.9 Å². The standard InChI is InChI=1S/C19H24N4O4S2/c1-3-27-15-8-4-14(5-9-15)23-29(25,26)19-17(12-20-22-19)18(24)21-13-6-10-16(28-2)11-7-13/h4-11,17,19-20,22-23H,3,12H2,1-2H3,(H,21,24). The summed E-state index contributed by atoms with van der Waals surface area (Å²) in [6.45, 7) is 2.60. The lowest BCUT2D eigenvalue weighted by Crippen LogP contribution is -2.45. The van der Waals surface area contributed by atoms with Gasteiger partial charge in [0.1, 0.15) is 5.75 Å². The molecule has 2 aromatic carbocycles. The summed E-state index contributed by atoms with van der Waals surface area (Å²) < 4.78 is 33.6. The molecule has 2 unspecified atom stereocenters. The van der Waals surface area contributed by atoms with Crippen molar-refractivity contribution in [1.29, 1.82) is 0 Å². The van der Waals surface area contributed by atoms with Gasteiger partial charge in [0.25, 0.3) is 10.0 Å². The monoisotopic (exact) mass is 436 g/mol. The van der Waals surface area contributed by atoms with E-state index in [0.717, 1.165) is 4.90 Å². The number of hydrazine groups is 1. The van der Waals surface area contributed by atoms with Gasteiger partial charge in [-0.25, -0.2) is 13.8 Å². The molecule has 156 valence electrons. The van der Waals surface area contributed by atoms with Crippen LogP contribution in [-0.4, -0.2) is 39.1 Å². The molecule has 10 heteroatoms. The average Bonchev–Trinajstić information content (AvgIpc) is 3.21. The number of sulfonamides is 1. The number of carbonyl (C=O) groups excluding carboxylic acids is 1.